The Labute approximate surface area is 220 Å². The van der Waals surface area contributed by atoms with Gasteiger partial charge in [0.25, 0.3) is 11.8 Å². The van der Waals surface area contributed by atoms with Gasteiger partial charge < -0.3 is 20.3 Å². The van der Waals surface area contributed by atoms with E-state index in [4.69, 9.17) is 21.2 Å². The van der Waals surface area contributed by atoms with Gasteiger partial charge in [0.2, 0.25) is 5.76 Å². The van der Waals surface area contributed by atoms with E-state index in [2.05, 4.69) is 37.6 Å². The number of amides is 2. The standard InChI is InChI=1S/C25H23ClF3N5O4/c1-15-6-7-16(11-19(15)25(27,28)29)33-23(36)21-12-17(34-38-21)14-32-24(37)22-18(13-26)20(30-8-9-31-22)5-3-2-4-10-35/h6-7,9,11-12,35H,2,4,8,10,13-14H2,1H3,(H,32,37)(H,33,36). The van der Waals surface area contributed by atoms with Gasteiger partial charge in [-0.3, -0.25) is 19.6 Å². The van der Waals surface area contributed by atoms with Gasteiger partial charge in [0.05, 0.1) is 24.5 Å². The number of nitrogens with one attached hydrogen (secondary N) is 2. The molecule has 1 aromatic heterocycles. The normalized spacial score (nSPS) is 13.4. The van der Waals surface area contributed by atoms with Gasteiger partial charge in [-0.15, -0.1) is 11.6 Å². The number of aliphatic hydroxyl groups is 1. The maximum absolute atomic E-state index is 13.1. The molecule has 200 valence electrons. The van der Waals surface area contributed by atoms with Crippen LogP contribution in [0.25, 0.3) is 0 Å². The first-order valence-electron chi connectivity index (χ1n) is 11.3. The number of alkyl halides is 4. The van der Waals surface area contributed by atoms with Gasteiger partial charge in [0.1, 0.15) is 17.1 Å². The second-order valence-corrected chi connectivity index (χ2v) is 8.20. The first kappa shape index (κ1) is 28.6. The Morgan fingerprint density at radius 3 is 2.74 bits per heavy atom. The molecule has 3 N–H and O–H groups in total. The van der Waals surface area contributed by atoms with E-state index in [-0.39, 0.29) is 54.0 Å². The van der Waals surface area contributed by atoms with E-state index in [1.54, 1.807) is 0 Å². The summed E-state index contributed by atoms with van der Waals surface area (Å²) in [5, 5.41) is 17.5. The van der Waals surface area contributed by atoms with Gasteiger partial charge in [-0.25, -0.2) is 0 Å². The summed E-state index contributed by atoms with van der Waals surface area (Å²) in [6, 6.07) is 4.66. The van der Waals surface area contributed by atoms with Crippen molar-refractivity contribution in [2.75, 3.05) is 24.3 Å². The molecular weight excluding hydrogens is 527 g/mol. The minimum atomic E-state index is -4.57. The first-order valence-corrected chi connectivity index (χ1v) is 11.9. The number of carbonyl (C=O) groups excluding carboxylic acids is 2. The van der Waals surface area contributed by atoms with E-state index in [9.17, 15) is 22.8 Å². The van der Waals surface area contributed by atoms with Crippen molar-refractivity contribution in [1.29, 1.82) is 0 Å². The Morgan fingerprint density at radius 2 is 2.03 bits per heavy atom. The zero-order valence-corrected chi connectivity index (χ0v) is 20.9. The van der Waals surface area contributed by atoms with Gasteiger partial charge in [-0.2, -0.15) is 13.2 Å². The molecule has 0 aliphatic carbocycles. The second kappa shape index (κ2) is 13.0. The smallest absolute Gasteiger partial charge is 0.396 e. The van der Waals surface area contributed by atoms with Crippen LogP contribution < -0.4 is 10.6 Å². The largest absolute Gasteiger partial charge is 0.416 e. The molecule has 3 rings (SSSR count). The third-order valence-electron chi connectivity index (χ3n) is 5.15. The van der Waals surface area contributed by atoms with Crippen LogP contribution in [-0.4, -0.2) is 53.0 Å². The third-order valence-corrected chi connectivity index (χ3v) is 5.42. The number of hydrogen-bond donors (Lipinski definition) is 3. The van der Waals surface area contributed by atoms with Gasteiger partial charge in [-0.05, 0) is 37.0 Å². The molecule has 0 fully saturated rings. The summed E-state index contributed by atoms with van der Waals surface area (Å²) in [5.74, 6) is 4.00. The van der Waals surface area contributed by atoms with Crippen molar-refractivity contribution in [1.82, 2.24) is 10.5 Å². The molecule has 1 aliphatic heterocycles. The van der Waals surface area contributed by atoms with Crippen molar-refractivity contribution in [2.45, 2.75) is 32.5 Å². The zero-order chi connectivity index (χ0) is 27.7. The van der Waals surface area contributed by atoms with E-state index >= 15 is 0 Å². The van der Waals surface area contributed by atoms with Crippen LogP contribution in [0.5, 0.6) is 0 Å². The highest BCUT2D eigenvalue weighted by molar-refractivity contribution is 6.28. The van der Waals surface area contributed by atoms with Gasteiger partial charge in [0, 0.05) is 36.6 Å². The number of halogens is 4. The Balaban J connectivity index is 1.67. The molecular formula is C25H23ClF3N5O4. The number of nitrogens with zero attached hydrogens (tertiary/aromatic N) is 3. The monoisotopic (exact) mass is 549 g/mol. The molecule has 1 aliphatic rings. The minimum Gasteiger partial charge on any atom is -0.396 e. The topological polar surface area (TPSA) is 129 Å². The summed E-state index contributed by atoms with van der Waals surface area (Å²) in [6.07, 6.45) is -2.18. The van der Waals surface area contributed by atoms with Crippen LogP contribution in [0.4, 0.5) is 18.9 Å². The fourth-order valence-corrected chi connectivity index (χ4v) is 3.51. The van der Waals surface area contributed by atoms with Crippen molar-refractivity contribution in [2.24, 2.45) is 9.98 Å². The van der Waals surface area contributed by atoms with Crippen LogP contribution in [0, 0.1) is 18.8 Å². The lowest BCUT2D eigenvalue weighted by Crippen LogP contribution is -2.26. The number of aromatic nitrogens is 1. The fraction of sp³-hybridized carbons (Fsp3) is 0.320. The quantitative estimate of drug-likeness (QED) is 0.263. The Hall–Kier alpha value is -3.95. The van der Waals surface area contributed by atoms with Crippen molar-refractivity contribution in [3.05, 3.63) is 58.1 Å². The molecule has 38 heavy (non-hydrogen) atoms. The van der Waals surface area contributed by atoms with Gasteiger partial charge in [0.15, 0.2) is 0 Å². The highest BCUT2D eigenvalue weighted by Crippen LogP contribution is 2.33. The third kappa shape index (κ3) is 7.53. The SMILES string of the molecule is Cc1ccc(NC(=O)c2cc(CNC(=O)C3=C(CCl)C(C#CCCCO)=NCC=N3)no2)cc1C(F)(F)F. The summed E-state index contributed by atoms with van der Waals surface area (Å²) in [5.41, 5.74) is -0.0431. The average Bonchev–Trinajstić information content (AvgIpc) is 3.26. The van der Waals surface area contributed by atoms with E-state index in [1.807, 2.05) is 0 Å². The van der Waals surface area contributed by atoms with Crippen LogP contribution in [-0.2, 0) is 17.5 Å². The number of benzene rings is 1. The molecule has 0 saturated carbocycles. The lowest BCUT2D eigenvalue weighted by Gasteiger charge is -2.12. The highest BCUT2D eigenvalue weighted by atomic mass is 35.5. The summed E-state index contributed by atoms with van der Waals surface area (Å²) >= 11 is 6.06. The maximum atomic E-state index is 13.1. The Kier molecular flexibility index (Phi) is 9.81. The van der Waals surface area contributed by atoms with Crippen LogP contribution >= 0.6 is 11.6 Å². The lowest BCUT2D eigenvalue weighted by atomic mass is 10.1. The van der Waals surface area contributed by atoms with Crippen LogP contribution in [0.2, 0.25) is 0 Å². The number of anilines is 1. The highest BCUT2D eigenvalue weighted by Gasteiger charge is 2.32. The molecule has 2 aromatic rings. The van der Waals surface area contributed by atoms with Crippen LogP contribution in [0.1, 0.15) is 40.2 Å². The van der Waals surface area contributed by atoms with Crippen molar-refractivity contribution in [3.8, 4) is 11.8 Å². The summed E-state index contributed by atoms with van der Waals surface area (Å²) in [7, 11) is 0. The van der Waals surface area contributed by atoms with Crippen LogP contribution in [0.15, 0.2) is 50.0 Å². The summed E-state index contributed by atoms with van der Waals surface area (Å²) in [6.45, 7) is 1.39. The predicted molar refractivity (Wildman–Crippen MR) is 135 cm³/mol. The zero-order valence-electron chi connectivity index (χ0n) is 20.2. The molecule has 1 aromatic carbocycles. The molecule has 2 amide bonds. The molecule has 0 saturated heterocycles. The number of aryl methyl sites for hydroxylation is 1. The van der Waals surface area contributed by atoms with Crippen molar-refractivity contribution >= 4 is 41.0 Å². The molecule has 9 nitrogen and oxygen atoms in total. The molecule has 0 radical (unpaired) electrons. The number of carbonyl (C=O) groups is 2. The number of unbranched alkanes of at least 4 members (excludes halogenated alkanes) is 1. The predicted octanol–water partition coefficient (Wildman–Crippen LogP) is 3.66. The minimum absolute atomic E-state index is 0.00644. The average molecular weight is 550 g/mol. The van der Waals surface area contributed by atoms with Gasteiger partial charge >= 0.3 is 6.18 Å². The Morgan fingerprint density at radius 1 is 1.24 bits per heavy atom. The number of aliphatic hydroxyl groups excluding tert-OH is 1. The van der Waals surface area contributed by atoms with Crippen molar-refractivity contribution in [3.63, 3.8) is 0 Å². The molecule has 0 spiro atoms. The number of rotatable bonds is 8. The Bertz CT molecular complexity index is 1350. The molecule has 0 bridgehead atoms. The molecule has 0 atom stereocenters. The summed E-state index contributed by atoms with van der Waals surface area (Å²) in [4.78, 5) is 33.7. The maximum Gasteiger partial charge on any atom is 0.416 e. The number of aliphatic imine (C=N–C) groups is 2. The molecule has 2 heterocycles. The van der Waals surface area contributed by atoms with E-state index < -0.39 is 23.6 Å². The lowest BCUT2D eigenvalue weighted by molar-refractivity contribution is -0.138. The van der Waals surface area contributed by atoms with Crippen molar-refractivity contribution < 1.29 is 32.4 Å². The van der Waals surface area contributed by atoms with E-state index in [0.29, 0.717) is 24.1 Å². The number of hydrogen-bond acceptors (Lipinski definition) is 7. The van der Waals surface area contributed by atoms with E-state index in [0.717, 1.165) is 6.07 Å². The first-order chi connectivity index (χ1) is 18.1. The molecule has 0 unspecified atom stereocenters. The second-order valence-electron chi connectivity index (χ2n) is 7.94. The van der Waals surface area contributed by atoms with Gasteiger partial charge in [-0.1, -0.05) is 17.1 Å². The fourth-order valence-electron chi connectivity index (χ4n) is 3.26. The number of allylic oxidation sites excluding steroid dienone is 1. The van der Waals surface area contributed by atoms with Crippen LogP contribution in [0.3, 0.4) is 0 Å². The summed E-state index contributed by atoms with van der Waals surface area (Å²) < 4.78 is 44.4. The molecule has 13 heteroatoms. The van der Waals surface area contributed by atoms with E-state index in [1.165, 1.54) is 31.3 Å².